The molecule has 35 heavy (non-hydrogen) atoms. The van der Waals surface area contributed by atoms with Crippen molar-refractivity contribution in [3.8, 4) is 17.1 Å². The Labute approximate surface area is 203 Å². The van der Waals surface area contributed by atoms with Gasteiger partial charge in [0.15, 0.2) is 0 Å². The second-order valence-corrected chi connectivity index (χ2v) is 8.54. The minimum absolute atomic E-state index is 0.163. The Balaban J connectivity index is 1.47. The molecule has 1 amide bonds. The number of anilines is 3. The Hall–Kier alpha value is -4.72. The van der Waals surface area contributed by atoms with Gasteiger partial charge in [-0.15, -0.1) is 0 Å². The van der Waals surface area contributed by atoms with E-state index in [9.17, 15) is 4.79 Å². The van der Waals surface area contributed by atoms with Gasteiger partial charge in [-0.1, -0.05) is 6.07 Å². The van der Waals surface area contributed by atoms with E-state index in [0.717, 1.165) is 33.4 Å². The number of nitrogens with zero attached hydrogens (tertiary/aromatic N) is 5. The maximum Gasteiger partial charge on any atom is 0.255 e. The molecule has 0 atom stereocenters. The number of hydrogen-bond donors (Lipinski definition) is 2. The van der Waals surface area contributed by atoms with Crippen LogP contribution in [0.15, 0.2) is 79.4 Å². The van der Waals surface area contributed by atoms with Crippen molar-refractivity contribution in [1.82, 2.24) is 19.5 Å². The van der Waals surface area contributed by atoms with Crippen LogP contribution in [0.1, 0.15) is 15.9 Å². The molecule has 8 heteroatoms. The van der Waals surface area contributed by atoms with Gasteiger partial charge in [-0.05, 0) is 61.0 Å². The summed E-state index contributed by atoms with van der Waals surface area (Å²) < 4.78 is 1.96. The van der Waals surface area contributed by atoms with E-state index < -0.39 is 0 Å². The van der Waals surface area contributed by atoms with E-state index in [1.807, 2.05) is 97.5 Å². The molecule has 0 bridgehead atoms. The predicted molar refractivity (Wildman–Crippen MR) is 140 cm³/mol. The van der Waals surface area contributed by atoms with Gasteiger partial charge < -0.3 is 20.5 Å². The molecule has 0 aliphatic carbocycles. The van der Waals surface area contributed by atoms with Crippen molar-refractivity contribution in [1.29, 1.82) is 0 Å². The number of nitrogen functional groups attached to an aromatic ring is 1. The van der Waals surface area contributed by atoms with Crippen LogP contribution in [0.2, 0.25) is 0 Å². The fourth-order valence-electron chi connectivity index (χ4n) is 3.96. The highest BCUT2D eigenvalue weighted by atomic mass is 16.1. The molecule has 0 aliphatic rings. The average molecular weight is 464 g/mol. The summed E-state index contributed by atoms with van der Waals surface area (Å²) >= 11 is 0. The third-order valence-electron chi connectivity index (χ3n) is 5.91. The number of nitrogens with two attached hydrogens (primary N) is 1. The number of nitrogens with one attached hydrogen (secondary N) is 1. The lowest BCUT2D eigenvalue weighted by molar-refractivity contribution is 0.102. The SMILES string of the molecule is Cc1ccc(NC(=O)c2ccc(N(C)C)cc2)cc1-c1cc2c(ccn2-c2cc(N)ncn2)cn1. The van der Waals surface area contributed by atoms with E-state index in [1.54, 1.807) is 6.07 Å². The molecule has 0 fully saturated rings. The minimum atomic E-state index is -0.163. The number of amides is 1. The Morgan fingerprint density at radius 3 is 2.51 bits per heavy atom. The Morgan fingerprint density at radius 1 is 0.971 bits per heavy atom. The normalized spacial score (nSPS) is 10.9. The highest BCUT2D eigenvalue weighted by Gasteiger charge is 2.12. The molecule has 0 saturated heterocycles. The fourth-order valence-corrected chi connectivity index (χ4v) is 3.96. The minimum Gasteiger partial charge on any atom is -0.384 e. The first kappa shape index (κ1) is 22.1. The number of carbonyl (C=O) groups excluding carboxylic acids is 1. The molecule has 5 aromatic rings. The van der Waals surface area contributed by atoms with E-state index in [4.69, 9.17) is 5.73 Å². The number of rotatable bonds is 5. The lowest BCUT2D eigenvalue weighted by atomic mass is 10.0. The van der Waals surface area contributed by atoms with Crippen molar-refractivity contribution in [3.63, 3.8) is 0 Å². The molecule has 3 heterocycles. The van der Waals surface area contributed by atoms with Crippen molar-refractivity contribution in [2.45, 2.75) is 6.92 Å². The predicted octanol–water partition coefficient (Wildman–Crippen LogP) is 4.69. The molecule has 0 unspecified atom stereocenters. The monoisotopic (exact) mass is 463 g/mol. The Morgan fingerprint density at radius 2 is 1.77 bits per heavy atom. The van der Waals surface area contributed by atoms with Crippen molar-refractivity contribution in [2.75, 3.05) is 30.0 Å². The maximum atomic E-state index is 12.8. The van der Waals surface area contributed by atoms with E-state index in [2.05, 4.69) is 20.3 Å². The number of aryl methyl sites for hydroxylation is 1. The zero-order valence-corrected chi connectivity index (χ0v) is 19.7. The van der Waals surface area contributed by atoms with Gasteiger partial charge in [0.2, 0.25) is 0 Å². The number of benzene rings is 2. The molecular weight excluding hydrogens is 438 g/mol. The van der Waals surface area contributed by atoms with Gasteiger partial charge in [0.1, 0.15) is 18.0 Å². The fraction of sp³-hybridized carbons (Fsp3) is 0.111. The van der Waals surface area contributed by atoms with Crippen LogP contribution in [0.3, 0.4) is 0 Å². The van der Waals surface area contributed by atoms with Gasteiger partial charge in [0.25, 0.3) is 5.91 Å². The zero-order valence-electron chi connectivity index (χ0n) is 19.7. The molecule has 8 nitrogen and oxygen atoms in total. The number of pyridine rings is 1. The summed E-state index contributed by atoms with van der Waals surface area (Å²) in [6, 6.07) is 19.1. The second-order valence-electron chi connectivity index (χ2n) is 8.54. The first-order valence-electron chi connectivity index (χ1n) is 11.1. The summed E-state index contributed by atoms with van der Waals surface area (Å²) in [5.41, 5.74) is 11.9. The van der Waals surface area contributed by atoms with Crippen LogP contribution < -0.4 is 16.0 Å². The van der Waals surface area contributed by atoms with Crippen molar-refractivity contribution >= 4 is 34.0 Å². The average Bonchev–Trinajstić information content (AvgIpc) is 3.28. The number of hydrogen-bond acceptors (Lipinski definition) is 6. The van der Waals surface area contributed by atoms with Crippen molar-refractivity contribution in [3.05, 3.63) is 90.5 Å². The molecule has 0 aliphatic heterocycles. The lowest BCUT2D eigenvalue weighted by Gasteiger charge is -2.13. The van der Waals surface area contributed by atoms with Gasteiger partial charge in [-0.2, -0.15) is 0 Å². The Kier molecular flexibility index (Phi) is 5.62. The van der Waals surface area contributed by atoms with Crippen LogP contribution in [-0.2, 0) is 0 Å². The summed E-state index contributed by atoms with van der Waals surface area (Å²) in [5.74, 6) is 0.924. The zero-order chi connectivity index (χ0) is 24.5. The topological polar surface area (TPSA) is 102 Å². The summed E-state index contributed by atoms with van der Waals surface area (Å²) in [6.07, 6.45) is 5.22. The van der Waals surface area contributed by atoms with E-state index in [-0.39, 0.29) is 5.91 Å². The molecule has 0 spiro atoms. The first-order chi connectivity index (χ1) is 16.9. The van der Waals surface area contributed by atoms with Crippen LogP contribution >= 0.6 is 0 Å². The summed E-state index contributed by atoms with van der Waals surface area (Å²) in [7, 11) is 3.93. The molecule has 0 radical (unpaired) electrons. The van der Waals surface area contributed by atoms with Gasteiger partial charge in [0.05, 0.1) is 11.2 Å². The van der Waals surface area contributed by atoms with Crippen LogP contribution in [0, 0.1) is 6.92 Å². The summed E-state index contributed by atoms with van der Waals surface area (Å²) in [5, 5.41) is 3.98. The van der Waals surface area contributed by atoms with E-state index in [0.29, 0.717) is 22.9 Å². The Bertz CT molecular complexity index is 1540. The molecular formula is C27H25N7O. The van der Waals surface area contributed by atoms with Crippen molar-refractivity contribution in [2.24, 2.45) is 0 Å². The summed E-state index contributed by atoms with van der Waals surface area (Å²) in [6.45, 7) is 2.02. The molecule has 3 N–H and O–H groups in total. The van der Waals surface area contributed by atoms with Gasteiger partial charge in [0, 0.05) is 60.4 Å². The molecule has 5 rings (SSSR count). The third kappa shape index (κ3) is 4.41. The van der Waals surface area contributed by atoms with Crippen LogP contribution in [0.25, 0.3) is 28.0 Å². The van der Waals surface area contributed by atoms with Gasteiger partial charge in [-0.25, -0.2) is 9.97 Å². The molecule has 174 valence electrons. The van der Waals surface area contributed by atoms with E-state index in [1.165, 1.54) is 6.33 Å². The molecule has 0 saturated carbocycles. The molecule has 2 aromatic carbocycles. The molecule has 3 aromatic heterocycles. The maximum absolute atomic E-state index is 12.8. The third-order valence-corrected chi connectivity index (χ3v) is 5.91. The second kappa shape index (κ2) is 8.90. The highest BCUT2D eigenvalue weighted by Crippen LogP contribution is 2.29. The standard InChI is InChI=1S/C27H25N7O/c1-17-4-7-20(32-27(35)18-5-8-21(9-6-18)33(2)3)12-22(17)23-13-24-19(15-29-23)10-11-34(24)26-14-25(28)30-16-31-26/h4-16H,1-3H3,(H,32,35)(H2,28,30,31). The number of fused-ring (bicyclic) bond motifs is 1. The van der Waals surface area contributed by atoms with Crippen LogP contribution in [-0.4, -0.2) is 39.5 Å². The van der Waals surface area contributed by atoms with Gasteiger partial charge >= 0.3 is 0 Å². The van der Waals surface area contributed by atoms with E-state index >= 15 is 0 Å². The quantitative estimate of drug-likeness (QED) is 0.392. The number of aromatic nitrogens is 4. The number of carbonyl (C=O) groups is 1. The largest absolute Gasteiger partial charge is 0.384 e. The summed E-state index contributed by atoms with van der Waals surface area (Å²) in [4.78, 5) is 27.8. The lowest BCUT2D eigenvalue weighted by Crippen LogP contribution is -2.13. The van der Waals surface area contributed by atoms with Gasteiger partial charge in [-0.3, -0.25) is 9.78 Å². The highest BCUT2D eigenvalue weighted by molar-refractivity contribution is 6.04. The first-order valence-corrected chi connectivity index (χ1v) is 11.1. The van der Waals surface area contributed by atoms with Crippen molar-refractivity contribution < 1.29 is 4.79 Å². The van der Waals surface area contributed by atoms with Crippen LogP contribution in [0.5, 0.6) is 0 Å². The smallest absolute Gasteiger partial charge is 0.255 e. The van der Waals surface area contributed by atoms with Crippen LogP contribution in [0.4, 0.5) is 17.2 Å².